The summed E-state index contributed by atoms with van der Waals surface area (Å²) < 4.78 is 6.40. The molecule has 4 aromatic carbocycles. The molecule has 2 aliphatic heterocycles. The van der Waals surface area contributed by atoms with Crippen LogP contribution in [0.1, 0.15) is 45.1 Å². The monoisotopic (exact) mass is 598 g/mol. The molecule has 45 heavy (non-hydrogen) atoms. The van der Waals surface area contributed by atoms with Crippen LogP contribution in [0.3, 0.4) is 0 Å². The van der Waals surface area contributed by atoms with Crippen LogP contribution < -0.4 is 10.2 Å². The van der Waals surface area contributed by atoms with E-state index < -0.39 is 0 Å². The van der Waals surface area contributed by atoms with Crippen LogP contribution in [0.2, 0.25) is 0 Å². The van der Waals surface area contributed by atoms with Gasteiger partial charge in [0.15, 0.2) is 0 Å². The van der Waals surface area contributed by atoms with Crippen LogP contribution in [0, 0.1) is 17.8 Å². The predicted octanol–water partition coefficient (Wildman–Crippen LogP) is 8.40. The highest BCUT2D eigenvalue weighted by Crippen LogP contribution is 2.50. The molecule has 0 radical (unpaired) electrons. The zero-order chi connectivity index (χ0) is 31.1. The van der Waals surface area contributed by atoms with Gasteiger partial charge < -0.3 is 15.2 Å². The van der Waals surface area contributed by atoms with E-state index in [1.54, 1.807) is 6.07 Å². The van der Waals surface area contributed by atoms with Gasteiger partial charge >= 0.3 is 0 Å². The van der Waals surface area contributed by atoms with Crippen molar-refractivity contribution >= 4 is 45.7 Å². The Morgan fingerprint density at radius 1 is 0.889 bits per heavy atom. The van der Waals surface area contributed by atoms with Gasteiger partial charge in [-0.1, -0.05) is 72.7 Å². The van der Waals surface area contributed by atoms with E-state index in [-0.39, 0.29) is 35.7 Å². The van der Waals surface area contributed by atoms with Crippen molar-refractivity contribution in [2.24, 2.45) is 17.8 Å². The average Bonchev–Trinajstić information content (AvgIpc) is 3.59. The smallest absolute Gasteiger partial charge is 0.238 e. The van der Waals surface area contributed by atoms with E-state index in [9.17, 15) is 14.7 Å². The number of fused-ring (bicyclic) bond motifs is 4. The average molecular weight is 599 g/mol. The minimum Gasteiger partial charge on any atom is -0.507 e. The second-order valence-corrected chi connectivity index (χ2v) is 12.5. The van der Waals surface area contributed by atoms with Crippen molar-refractivity contribution in [1.82, 2.24) is 0 Å². The number of nitrogens with one attached hydrogen (secondary N) is 1. The highest BCUT2D eigenvalue weighted by atomic mass is 16.5. The molecule has 4 atom stereocenters. The molecule has 0 unspecified atom stereocenters. The number of hydrogen-bond acceptors (Lipinski definition) is 5. The van der Waals surface area contributed by atoms with Crippen LogP contribution in [0.15, 0.2) is 108 Å². The van der Waals surface area contributed by atoms with E-state index in [1.165, 1.54) is 21.6 Å². The third kappa shape index (κ3) is 5.33. The van der Waals surface area contributed by atoms with Gasteiger partial charge in [-0.25, -0.2) is 0 Å². The van der Waals surface area contributed by atoms with Crippen molar-refractivity contribution in [3.8, 4) is 5.75 Å². The lowest BCUT2D eigenvalue weighted by Crippen LogP contribution is -2.34. The van der Waals surface area contributed by atoms with Crippen LogP contribution in [0.5, 0.6) is 5.75 Å². The molecule has 2 heterocycles. The summed E-state index contributed by atoms with van der Waals surface area (Å²) in [5, 5.41) is 15.6. The Morgan fingerprint density at radius 3 is 2.36 bits per heavy atom. The third-order valence-corrected chi connectivity index (χ3v) is 9.82. The van der Waals surface area contributed by atoms with Crippen molar-refractivity contribution in [3.63, 3.8) is 0 Å². The number of carbonyl (C=O) groups excluding carboxylic acids is 2. The van der Waals surface area contributed by atoms with Crippen LogP contribution in [0.25, 0.3) is 16.8 Å². The van der Waals surface area contributed by atoms with Gasteiger partial charge in [-0.05, 0) is 91.6 Å². The number of allylic oxidation sites excluding steroid dienone is 2. The summed E-state index contributed by atoms with van der Waals surface area (Å²) in [4.78, 5) is 29.0. The molecule has 0 aromatic heterocycles. The number of aromatic hydroxyl groups is 1. The van der Waals surface area contributed by atoms with E-state index in [4.69, 9.17) is 4.74 Å². The molecule has 3 aliphatic rings. The van der Waals surface area contributed by atoms with E-state index in [2.05, 4.69) is 25.2 Å². The second-order valence-electron chi connectivity index (χ2n) is 12.5. The fourth-order valence-corrected chi connectivity index (χ4v) is 7.59. The molecule has 0 saturated carbocycles. The molecule has 6 heteroatoms. The summed E-state index contributed by atoms with van der Waals surface area (Å²) in [5.41, 5.74) is 7.33. The van der Waals surface area contributed by atoms with Gasteiger partial charge in [0, 0.05) is 22.7 Å². The number of nitrogens with zero attached hydrogens (tertiary/aromatic N) is 1. The normalized spacial score (nSPS) is 23.1. The molecule has 2 fully saturated rings. The third-order valence-electron chi connectivity index (χ3n) is 9.82. The maximum Gasteiger partial charge on any atom is 0.238 e. The summed E-state index contributed by atoms with van der Waals surface area (Å²) in [6.07, 6.45) is 5.40. The van der Waals surface area contributed by atoms with Crippen molar-refractivity contribution in [3.05, 3.63) is 113 Å². The van der Waals surface area contributed by atoms with Gasteiger partial charge in [-0.3, -0.25) is 14.5 Å². The molecule has 0 bridgehead atoms. The SMILES string of the molecule is CC/C(=C\c1ccc(O)c2ccccc12)CC[C@H]1OC[C@H]2C1=C(C)C[C@H]1C(=O)N(c3ccc(Nc4ccccc4)cc3)C(=O)[C@H]12. The maximum atomic E-state index is 13.9. The Kier molecular flexibility index (Phi) is 7.76. The van der Waals surface area contributed by atoms with E-state index in [0.717, 1.165) is 47.0 Å². The first-order chi connectivity index (χ1) is 21.9. The van der Waals surface area contributed by atoms with Crippen molar-refractivity contribution in [2.45, 2.75) is 45.6 Å². The summed E-state index contributed by atoms with van der Waals surface area (Å²) in [5.74, 6) is -0.712. The van der Waals surface area contributed by atoms with Gasteiger partial charge in [0.05, 0.1) is 30.2 Å². The highest BCUT2D eigenvalue weighted by Gasteiger charge is 2.56. The first-order valence-corrected chi connectivity index (χ1v) is 15.9. The topological polar surface area (TPSA) is 78.9 Å². The van der Waals surface area contributed by atoms with Crippen molar-refractivity contribution in [1.29, 1.82) is 0 Å². The van der Waals surface area contributed by atoms with Crippen LogP contribution >= 0.6 is 0 Å². The lowest BCUT2D eigenvalue weighted by Gasteiger charge is -2.30. The number of anilines is 3. The Morgan fingerprint density at radius 2 is 1.60 bits per heavy atom. The highest BCUT2D eigenvalue weighted by molar-refractivity contribution is 6.22. The van der Waals surface area contributed by atoms with Gasteiger partial charge in [-0.2, -0.15) is 0 Å². The van der Waals surface area contributed by atoms with Crippen LogP contribution in [-0.4, -0.2) is 29.6 Å². The lowest BCUT2D eigenvalue weighted by molar-refractivity contribution is -0.122. The molecule has 4 aromatic rings. The molecule has 0 spiro atoms. The Labute approximate surface area is 264 Å². The number of carbonyl (C=O) groups is 2. The zero-order valence-corrected chi connectivity index (χ0v) is 25.7. The minimum atomic E-state index is -0.382. The van der Waals surface area contributed by atoms with E-state index in [1.807, 2.05) is 84.9 Å². The molecule has 6 nitrogen and oxygen atoms in total. The van der Waals surface area contributed by atoms with Crippen molar-refractivity contribution < 1.29 is 19.4 Å². The zero-order valence-electron chi connectivity index (χ0n) is 25.7. The summed E-state index contributed by atoms with van der Waals surface area (Å²) in [6, 6.07) is 29.1. The molecule has 2 saturated heterocycles. The van der Waals surface area contributed by atoms with E-state index >= 15 is 0 Å². The standard InChI is InChI=1S/C39H38N2O4/c1-3-25(22-26-14-19-34(42)31-12-8-7-11-30(26)31)13-20-35-36-24(2)21-32-37(33(36)23-45-35)39(44)41(38(32)43)29-17-15-28(16-18-29)40-27-9-5-4-6-10-27/h4-12,14-19,22,32-33,35,37,40,42H,3,13,20-21,23H2,1-2H3/b25-22+/t32-,33+,35-,37-/m1/s1. The van der Waals surface area contributed by atoms with Crippen LogP contribution in [0.4, 0.5) is 17.1 Å². The number of imide groups is 1. The molecular formula is C39H38N2O4. The minimum absolute atomic E-state index is 0.0530. The van der Waals surface area contributed by atoms with Gasteiger partial charge in [0.1, 0.15) is 5.75 Å². The number of phenolic OH excluding ortho intramolecular Hbond substituents is 1. The number of phenols is 1. The number of rotatable bonds is 8. The predicted molar refractivity (Wildman–Crippen MR) is 179 cm³/mol. The van der Waals surface area contributed by atoms with Crippen molar-refractivity contribution in [2.75, 3.05) is 16.8 Å². The summed E-state index contributed by atoms with van der Waals surface area (Å²) in [6.45, 7) is 4.76. The molecule has 2 N–H and O–H groups in total. The quantitative estimate of drug-likeness (QED) is 0.157. The molecule has 228 valence electrons. The van der Waals surface area contributed by atoms with Gasteiger partial charge in [-0.15, -0.1) is 0 Å². The molecule has 2 amide bonds. The second kappa shape index (κ2) is 12.0. The Hall–Kier alpha value is -4.68. The number of ether oxygens (including phenoxy) is 1. The fourth-order valence-electron chi connectivity index (χ4n) is 7.59. The van der Waals surface area contributed by atoms with Gasteiger partial charge in [0.2, 0.25) is 11.8 Å². The molecule has 7 rings (SSSR count). The Balaban J connectivity index is 1.06. The van der Waals surface area contributed by atoms with E-state index in [0.29, 0.717) is 24.5 Å². The number of hydrogen-bond donors (Lipinski definition) is 2. The molecular weight excluding hydrogens is 560 g/mol. The first kappa shape index (κ1) is 29.1. The number of benzene rings is 4. The Bertz CT molecular complexity index is 1830. The largest absolute Gasteiger partial charge is 0.507 e. The number of amides is 2. The molecule has 1 aliphatic carbocycles. The number of para-hydroxylation sites is 1. The fraction of sp³-hybridized carbons (Fsp3) is 0.282. The maximum absolute atomic E-state index is 13.9. The summed E-state index contributed by atoms with van der Waals surface area (Å²) >= 11 is 0. The van der Waals surface area contributed by atoms with Gasteiger partial charge in [0.25, 0.3) is 0 Å². The lowest BCUT2D eigenvalue weighted by atomic mass is 9.70. The van der Waals surface area contributed by atoms with Crippen LogP contribution in [-0.2, 0) is 14.3 Å². The summed E-state index contributed by atoms with van der Waals surface area (Å²) in [7, 11) is 0. The first-order valence-electron chi connectivity index (χ1n) is 15.9.